The minimum atomic E-state index is 0.0443. The molecule has 2 aliphatic rings. The lowest BCUT2D eigenvalue weighted by Crippen LogP contribution is -2.46. The SMILES string of the molecule is Cc1ccc(C(=O)N2CCC[C@@H]3c4ccccc4CC32)cc1O. The quantitative estimate of drug-likeness (QED) is 0.873. The van der Waals surface area contributed by atoms with Crippen LogP contribution in [0.1, 0.15) is 45.8 Å². The molecule has 0 saturated carbocycles. The lowest BCUT2D eigenvalue weighted by molar-refractivity contribution is 0.0595. The predicted molar refractivity (Wildman–Crippen MR) is 89.8 cm³/mol. The highest BCUT2D eigenvalue weighted by Gasteiger charge is 2.40. The second-order valence-corrected chi connectivity index (χ2v) is 6.72. The van der Waals surface area contributed by atoms with E-state index < -0.39 is 0 Å². The van der Waals surface area contributed by atoms with Gasteiger partial charge in [0.2, 0.25) is 0 Å². The number of amides is 1. The summed E-state index contributed by atoms with van der Waals surface area (Å²) in [5.74, 6) is 0.699. The Morgan fingerprint density at radius 2 is 2.04 bits per heavy atom. The van der Waals surface area contributed by atoms with Crippen LogP contribution in [-0.2, 0) is 6.42 Å². The third-order valence-electron chi connectivity index (χ3n) is 5.38. The molecule has 4 rings (SSSR count). The van der Waals surface area contributed by atoms with Gasteiger partial charge in [0.1, 0.15) is 5.75 Å². The van der Waals surface area contributed by atoms with Crippen molar-refractivity contribution in [1.82, 2.24) is 4.90 Å². The Balaban J connectivity index is 1.65. The molecule has 2 atom stereocenters. The van der Waals surface area contributed by atoms with Crippen molar-refractivity contribution >= 4 is 5.91 Å². The number of benzene rings is 2. The highest BCUT2D eigenvalue weighted by molar-refractivity contribution is 5.95. The molecule has 0 radical (unpaired) electrons. The molecule has 2 aromatic carbocycles. The molecular formula is C20H21NO2. The zero-order valence-electron chi connectivity index (χ0n) is 13.3. The molecule has 1 amide bonds. The molecule has 1 aliphatic heterocycles. The van der Waals surface area contributed by atoms with E-state index in [9.17, 15) is 9.90 Å². The third-order valence-corrected chi connectivity index (χ3v) is 5.38. The molecule has 3 nitrogen and oxygen atoms in total. The molecule has 23 heavy (non-hydrogen) atoms. The molecule has 1 heterocycles. The Labute approximate surface area is 136 Å². The first-order valence-electron chi connectivity index (χ1n) is 8.33. The van der Waals surface area contributed by atoms with E-state index in [-0.39, 0.29) is 17.7 Å². The summed E-state index contributed by atoms with van der Waals surface area (Å²) in [5, 5.41) is 9.91. The fraction of sp³-hybridized carbons (Fsp3) is 0.350. The summed E-state index contributed by atoms with van der Waals surface area (Å²) in [5.41, 5.74) is 4.19. The Kier molecular flexibility index (Phi) is 3.37. The Hall–Kier alpha value is -2.29. The normalized spacial score (nSPS) is 22.6. The van der Waals surface area contributed by atoms with E-state index in [1.54, 1.807) is 6.07 Å². The molecule has 118 valence electrons. The van der Waals surface area contributed by atoms with Gasteiger partial charge in [0.15, 0.2) is 0 Å². The van der Waals surface area contributed by atoms with Crippen LogP contribution in [-0.4, -0.2) is 28.5 Å². The van der Waals surface area contributed by atoms with Gasteiger partial charge >= 0.3 is 0 Å². The number of carbonyl (C=O) groups is 1. The molecule has 3 heteroatoms. The van der Waals surface area contributed by atoms with Crippen molar-refractivity contribution in [1.29, 1.82) is 0 Å². The van der Waals surface area contributed by atoms with Crippen LogP contribution in [0.15, 0.2) is 42.5 Å². The summed E-state index contributed by atoms with van der Waals surface area (Å²) in [6.07, 6.45) is 3.15. The van der Waals surface area contributed by atoms with Gasteiger partial charge in [-0.15, -0.1) is 0 Å². The predicted octanol–water partition coefficient (Wildman–Crippen LogP) is 3.65. The van der Waals surface area contributed by atoms with Crippen LogP contribution in [0.3, 0.4) is 0 Å². The lowest BCUT2D eigenvalue weighted by Gasteiger charge is -2.38. The average molecular weight is 307 g/mol. The van der Waals surface area contributed by atoms with Gasteiger partial charge in [-0.25, -0.2) is 0 Å². The zero-order chi connectivity index (χ0) is 16.0. The van der Waals surface area contributed by atoms with Crippen LogP contribution in [0, 0.1) is 6.92 Å². The number of fused-ring (bicyclic) bond motifs is 3. The Morgan fingerprint density at radius 1 is 1.22 bits per heavy atom. The molecule has 2 aromatic rings. The summed E-state index contributed by atoms with van der Waals surface area (Å²) < 4.78 is 0. The molecule has 1 aliphatic carbocycles. The van der Waals surface area contributed by atoms with Gasteiger partial charge in [-0.05, 0) is 55.0 Å². The lowest BCUT2D eigenvalue weighted by atomic mass is 9.88. The first-order valence-corrected chi connectivity index (χ1v) is 8.33. The topological polar surface area (TPSA) is 40.5 Å². The molecule has 1 saturated heterocycles. The van der Waals surface area contributed by atoms with Crippen LogP contribution in [0.2, 0.25) is 0 Å². The van der Waals surface area contributed by atoms with Crippen molar-refractivity contribution in [2.24, 2.45) is 0 Å². The van der Waals surface area contributed by atoms with Gasteiger partial charge in [0, 0.05) is 24.1 Å². The maximum atomic E-state index is 13.0. The summed E-state index contributed by atoms with van der Waals surface area (Å²) in [6, 6.07) is 14.1. The second kappa shape index (κ2) is 5.41. The van der Waals surface area contributed by atoms with Crippen LogP contribution in [0.5, 0.6) is 5.75 Å². The highest BCUT2D eigenvalue weighted by Crippen LogP contribution is 2.42. The number of piperidine rings is 1. The van der Waals surface area contributed by atoms with Crippen LogP contribution < -0.4 is 0 Å². The number of phenols is 1. The summed E-state index contributed by atoms with van der Waals surface area (Å²) in [6.45, 7) is 2.65. The van der Waals surface area contributed by atoms with Crippen molar-refractivity contribution in [3.63, 3.8) is 0 Å². The fourth-order valence-electron chi connectivity index (χ4n) is 4.14. The van der Waals surface area contributed by atoms with E-state index in [0.29, 0.717) is 11.5 Å². The third kappa shape index (κ3) is 2.31. The monoisotopic (exact) mass is 307 g/mol. The van der Waals surface area contributed by atoms with E-state index in [0.717, 1.165) is 31.4 Å². The van der Waals surface area contributed by atoms with Gasteiger partial charge in [0.25, 0.3) is 5.91 Å². The molecule has 0 bridgehead atoms. The Morgan fingerprint density at radius 3 is 2.87 bits per heavy atom. The smallest absolute Gasteiger partial charge is 0.254 e. The van der Waals surface area contributed by atoms with E-state index in [1.807, 2.05) is 24.0 Å². The first-order chi connectivity index (χ1) is 11.1. The van der Waals surface area contributed by atoms with Crippen molar-refractivity contribution in [2.45, 2.75) is 38.1 Å². The minimum Gasteiger partial charge on any atom is -0.508 e. The molecule has 0 aromatic heterocycles. The van der Waals surface area contributed by atoms with E-state index >= 15 is 0 Å². The number of nitrogens with zero attached hydrogens (tertiary/aromatic N) is 1. The minimum absolute atomic E-state index is 0.0443. The summed E-state index contributed by atoms with van der Waals surface area (Å²) >= 11 is 0. The van der Waals surface area contributed by atoms with Crippen molar-refractivity contribution < 1.29 is 9.90 Å². The fourth-order valence-corrected chi connectivity index (χ4v) is 4.14. The summed E-state index contributed by atoms with van der Waals surface area (Å²) in [7, 11) is 0. The number of phenolic OH excluding ortho intramolecular Hbond substituents is 1. The molecule has 1 unspecified atom stereocenters. The maximum absolute atomic E-state index is 13.0. The van der Waals surface area contributed by atoms with Crippen LogP contribution in [0.25, 0.3) is 0 Å². The van der Waals surface area contributed by atoms with Gasteiger partial charge in [-0.3, -0.25) is 4.79 Å². The van der Waals surface area contributed by atoms with Crippen LogP contribution in [0.4, 0.5) is 0 Å². The number of hydrogen-bond donors (Lipinski definition) is 1. The van der Waals surface area contributed by atoms with E-state index in [2.05, 4.69) is 24.3 Å². The van der Waals surface area contributed by atoms with Gasteiger partial charge < -0.3 is 10.0 Å². The van der Waals surface area contributed by atoms with Crippen molar-refractivity contribution in [2.75, 3.05) is 6.54 Å². The van der Waals surface area contributed by atoms with Gasteiger partial charge in [-0.2, -0.15) is 0 Å². The van der Waals surface area contributed by atoms with Gasteiger partial charge in [-0.1, -0.05) is 30.3 Å². The van der Waals surface area contributed by atoms with E-state index in [1.165, 1.54) is 11.1 Å². The number of aromatic hydroxyl groups is 1. The average Bonchev–Trinajstić information content (AvgIpc) is 2.95. The number of likely N-dealkylation sites (tertiary alicyclic amines) is 1. The number of aryl methyl sites for hydroxylation is 1. The largest absolute Gasteiger partial charge is 0.508 e. The number of hydrogen-bond acceptors (Lipinski definition) is 2. The van der Waals surface area contributed by atoms with E-state index in [4.69, 9.17) is 0 Å². The number of rotatable bonds is 1. The van der Waals surface area contributed by atoms with Crippen molar-refractivity contribution in [3.05, 3.63) is 64.7 Å². The maximum Gasteiger partial charge on any atom is 0.254 e. The van der Waals surface area contributed by atoms with Gasteiger partial charge in [0.05, 0.1) is 0 Å². The number of carbonyl (C=O) groups excluding carboxylic acids is 1. The second-order valence-electron chi connectivity index (χ2n) is 6.72. The Bertz CT molecular complexity index is 768. The molecular weight excluding hydrogens is 286 g/mol. The molecule has 0 spiro atoms. The highest BCUT2D eigenvalue weighted by atomic mass is 16.3. The zero-order valence-corrected chi connectivity index (χ0v) is 13.3. The standard InChI is InChI=1S/C20H21NO2/c1-13-8-9-15(12-19(13)22)20(23)21-10-4-7-17-16-6-3-2-5-14(16)11-18(17)21/h2-3,5-6,8-9,12,17-18,22H,4,7,10-11H2,1H3/t17-,18?/m1/s1. The molecule has 1 fully saturated rings. The molecule has 1 N–H and O–H groups in total. The van der Waals surface area contributed by atoms with Crippen LogP contribution >= 0.6 is 0 Å². The first kappa shape index (κ1) is 14.3. The summed E-state index contributed by atoms with van der Waals surface area (Å²) in [4.78, 5) is 15.0. The van der Waals surface area contributed by atoms with Crippen molar-refractivity contribution in [3.8, 4) is 5.75 Å².